The van der Waals surface area contributed by atoms with Crippen LogP contribution < -0.4 is 18.9 Å². The molecular formula is C32H34O7. The lowest BCUT2D eigenvalue weighted by molar-refractivity contribution is 0.0693. The topological polar surface area (TPSA) is 87.4 Å². The van der Waals surface area contributed by atoms with Crippen LogP contribution in [0, 0.1) is 0 Å². The summed E-state index contributed by atoms with van der Waals surface area (Å²) >= 11 is 0. The van der Waals surface area contributed by atoms with Crippen molar-refractivity contribution in [2.24, 2.45) is 0 Å². The van der Waals surface area contributed by atoms with Crippen LogP contribution in [-0.2, 0) is 6.42 Å². The number of carboxylic acids is 1. The van der Waals surface area contributed by atoms with Crippen LogP contribution in [-0.4, -0.2) is 38.5 Å². The number of carbonyl (C=O) groups is 1. The van der Waals surface area contributed by atoms with Crippen molar-refractivity contribution in [3.63, 3.8) is 0 Å². The lowest BCUT2D eigenvalue weighted by Gasteiger charge is -2.13. The molecule has 1 N–H and O–H groups in total. The van der Waals surface area contributed by atoms with E-state index in [1.807, 2.05) is 50.3 Å². The van der Waals surface area contributed by atoms with Gasteiger partial charge in [-0.05, 0) is 67.3 Å². The van der Waals surface area contributed by atoms with E-state index in [2.05, 4.69) is 13.0 Å². The molecule has 0 fully saturated rings. The molecule has 7 nitrogen and oxygen atoms in total. The maximum atomic E-state index is 12.0. The third-order valence-electron chi connectivity index (χ3n) is 6.34. The predicted octanol–water partition coefficient (Wildman–Crippen LogP) is 7.73. The van der Waals surface area contributed by atoms with Gasteiger partial charge in [0.2, 0.25) is 5.75 Å². The normalized spacial score (nSPS) is 11.4. The standard InChI is InChI=1S/C32H34O7/c1-7-8-21-15-22(27-17-24-13-14-26(36-5)31(30(24)39-27)38-19(2)3)11-9-20(21)10-12-23-16-25(35-4)18-28(37-6)29(23)32(33)34/h9-19H,7-8H2,1-6H3,(H,33,34)/b12-10+. The fourth-order valence-corrected chi connectivity index (χ4v) is 4.55. The Balaban J connectivity index is 1.76. The molecule has 0 saturated carbocycles. The molecule has 0 saturated heterocycles. The fourth-order valence-electron chi connectivity index (χ4n) is 4.55. The Hall–Kier alpha value is -4.39. The van der Waals surface area contributed by atoms with Crippen LogP contribution in [0.25, 0.3) is 34.4 Å². The number of fused-ring (bicyclic) bond motifs is 1. The number of carboxylic acid groups (broad SMARTS) is 1. The monoisotopic (exact) mass is 530 g/mol. The van der Waals surface area contributed by atoms with Crippen LogP contribution in [0.4, 0.5) is 0 Å². The summed E-state index contributed by atoms with van der Waals surface area (Å²) in [5.41, 5.74) is 4.27. The minimum Gasteiger partial charge on any atom is -0.497 e. The predicted molar refractivity (Wildman–Crippen MR) is 153 cm³/mol. The molecule has 0 aliphatic rings. The van der Waals surface area contributed by atoms with Gasteiger partial charge in [0, 0.05) is 17.0 Å². The van der Waals surface area contributed by atoms with Gasteiger partial charge in [-0.2, -0.15) is 0 Å². The molecule has 4 aromatic rings. The van der Waals surface area contributed by atoms with E-state index in [1.54, 1.807) is 25.3 Å². The highest BCUT2D eigenvalue weighted by Crippen LogP contribution is 2.40. The smallest absolute Gasteiger partial charge is 0.340 e. The molecule has 1 heterocycles. The summed E-state index contributed by atoms with van der Waals surface area (Å²) in [6.45, 7) is 6.05. The van der Waals surface area contributed by atoms with Crippen LogP contribution in [0.1, 0.15) is 54.2 Å². The van der Waals surface area contributed by atoms with Gasteiger partial charge in [-0.3, -0.25) is 0 Å². The van der Waals surface area contributed by atoms with Gasteiger partial charge in [-0.1, -0.05) is 37.6 Å². The van der Waals surface area contributed by atoms with Gasteiger partial charge in [0.1, 0.15) is 22.8 Å². The first-order valence-corrected chi connectivity index (χ1v) is 12.9. The van der Waals surface area contributed by atoms with Crippen molar-refractivity contribution in [1.82, 2.24) is 0 Å². The van der Waals surface area contributed by atoms with Crippen molar-refractivity contribution in [3.05, 3.63) is 70.8 Å². The van der Waals surface area contributed by atoms with Crippen LogP contribution >= 0.6 is 0 Å². The van der Waals surface area contributed by atoms with Gasteiger partial charge in [0.05, 0.1) is 27.4 Å². The van der Waals surface area contributed by atoms with Crippen molar-refractivity contribution >= 4 is 29.1 Å². The minimum absolute atomic E-state index is 0.0357. The first-order valence-electron chi connectivity index (χ1n) is 12.9. The second-order valence-corrected chi connectivity index (χ2v) is 9.39. The molecule has 204 valence electrons. The molecule has 0 atom stereocenters. The maximum absolute atomic E-state index is 12.0. The number of benzene rings is 3. The SMILES string of the molecule is CCCc1cc(-c2cc3ccc(OC)c(OC(C)C)c3o2)ccc1/C=C/c1cc(OC)cc(OC)c1C(=O)O. The summed E-state index contributed by atoms with van der Waals surface area (Å²) in [4.78, 5) is 12.0. The molecule has 0 amide bonds. The Labute approximate surface area is 228 Å². The van der Waals surface area contributed by atoms with Crippen molar-refractivity contribution in [3.8, 4) is 34.3 Å². The zero-order valence-electron chi connectivity index (χ0n) is 23.2. The summed E-state index contributed by atoms with van der Waals surface area (Å²) < 4.78 is 28.5. The molecule has 4 rings (SSSR count). The van der Waals surface area contributed by atoms with Gasteiger partial charge in [0.25, 0.3) is 0 Å². The van der Waals surface area contributed by atoms with E-state index in [9.17, 15) is 9.90 Å². The molecule has 3 aromatic carbocycles. The largest absolute Gasteiger partial charge is 0.497 e. The van der Waals surface area contributed by atoms with E-state index < -0.39 is 5.97 Å². The summed E-state index contributed by atoms with van der Waals surface area (Å²) in [6.07, 6.45) is 5.46. The number of ether oxygens (including phenoxy) is 4. The van der Waals surface area contributed by atoms with Crippen LogP contribution in [0.2, 0.25) is 0 Å². The molecule has 0 radical (unpaired) electrons. The van der Waals surface area contributed by atoms with E-state index in [0.717, 1.165) is 40.7 Å². The molecule has 0 bridgehead atoms. The van der Waals surface area contributed by atoms with E-state index in [1.165, 1.54) is 14.2 Å². The average molecular weight is 531 g/mol. The van der Waals surface area contributed by atoms with Crippen LogP contribution in [0.15, 0.2) is 52.9 Å². The molecule has 0 unspecified atom stereocenters. The third-order valence-corrected chi connectivity index (χ3v) is 6.34. The Morgan fingerprint density at radius 2 is 1.67 bits per heavy atom. The molecule has 1 aromatic heterocycles. The van der Waals surface area contributed by atoms with Crippen molar-refractivity contribution in [2.75, 3.05) is 21.3 Å². The summed E-state index contributed by atoms with van der Waals surface area (Å²) in [5.74, 6) is 1.63. The highest BCUT2D eigenvalue weighted by atomic mass is 16.5. The molecular weight excluding hydrogens is 496 g/mol. The van der Waals surface area contributed by atoms with Gasteiger partial charge >= 0.3 is 5.97 Å². The minimum atomic E-state index is -1.07. The number of furan rings is 1. The molecule has 0 aliphatic carbocycles. The average Bonchev–Trinajstić information content (AvgIpc) is 3.36. The Morgan fingerprint density at radius 1 is 0.923 bits per heavy atom. The molecule has 7 heteroatoms. The van der Waals surface area contributed by atoms with Crippen LogP contribution in [0.3, 0.4) is 0 Å². The summed E-state index contributed by atoms with van der Waals surface area (Å²) in [5, 5.41) is 10.7. The highest BCUT2D eigenvalue weighted by molar-refractivity contribution is 5.97. The number of aromatic carboxylic acids is 1. The molecule has 39 heavy (non-hydrogen) atoms. The van der Waals surface area contributed by atoms with E-state index >= 15 is 0 Å². The van der Waals surface area contributed by atoms with Gasteiger partial charge in [-0.15, -0.1) is 0 Å². The first kappa shape index (κ1) is 27.6. The highest BCUT2D eigenvalue weighted by Gasteiger charge is 2.19. The Kier molecular flexibility index (Phi) is 8.49. The van der Waals surface area contributed by atoms with Gasteiger partial charge < -0.3 is 28.5 Å². The van der Waals surface area contributed by atoms with E-state index in [0.29, 0.717) is 28.4 Å². The van der Waals surface area contributed by atoms with Crippen molar-refractivity contribution in [1.29, 1.82) is 0 Å². The number of methoxy groups -OCH3 is 3. The maximum Gasteiger partial charge on any atom is 0.340 e. The van der Waals surface area contributed by atoms with E-state index in [-0.39, 0.29) is 17.4 Å². The molecule has 0 aliphatic heterocycles. The van der Waals surface area contributed by atoms with Gasteiger partial charge in [-0.25, -0.2) is 4.79 Å². The Bertz CT molecular complexity index is 1510. The number of hydrogen-bond acceptors (Lipinski definition) is 6. The molecule has 0 spiro atoms. The number of aryl methyl sites for hydroxylation is 1. The zero-order valence-corrected chi connectivity index (χ0v) is 23.2. The lowest BCUT2D eigenvalue weighted by Crippen LogP contribution is -2.06. The second kappa shape index (κ2) is 12.0. The number of rotatable bonds is 11. The lowest BCUT2D eigenvalue weighted by atomic mass is 9.97. The third kappa shape index (κ3) is 5.87. The first-order chi connectivity index (χ1) is 18.8. The summed E-state index contributed by atoms with van der Waals surface area (Å²) in [7, 11) is 4.59. The summed E-state index contributed by atoms with van der Waals surface area (Å²) in [6, 6.07) is 15.2. The van der Waals surface area contributed by atoms with Gasteiger partial charge in [0.15, 0.2) is 11.3 Å². The zero-order chi connectivity index (χ0) is 28.1. The Morgan fingerprint density at radius 3 is 2.31 bits per heavy atom. The second-order valence-electron chi connectivity index (χ2n) is 9.39. The number of hydrogen-bond donors (Lipinski definition) is 1. The van der Waals surface area contributed by atoms with Crippen molar-refractivity contribution in [2.45, 2.75) is 39.7 Å². The van der Waals surface area contributed by atoms with Crippen molar-refractivity contribution < 1.29 is 33.3 Å². The quantitative estimate of drug-likeness (QED) is 0.199. The van der Waals surface area contributed by atoms with Crippen LogP contribution in [0.5, 0.6) is 23.0 Å². The van der Waals surface area contributed by atoms with E-state index in [4.69, 9.17) is 23.4 Å². The fraction of sp³-hybridized carbons (Fsp3) is 0.281.